The summed E-state index contributed by atoms with van der Waals surface area (Å²) < 4.78 is 0. The number of hydrogen-bond acceptors (Lipinski definition) is 1. The van der Waals surface area contributed by atoms with Crippen LogP contribution in [0.25, 0.3) is 0 Å². The van der Waals surface area contributed by atoms with E-state index in [0.717, 1.165) is 5.19 Å². The van der Waals surface area contributed by atoms with Crippen molar-refractivity contribution in [3.8, 4) is 0 Å². The molecule has 1 aromatic carbocycles. The van der Waals surface area contributed by atoms with Gasteiger partial charge in [0.2, 0.25) is 0 Å². The molecule has 1 nitrogen and oxygen atoms in total. The molecule has 1 N–H and O–H groups in total. The van der Waals surface area contributed by atoms with E-state index in [2.05, 4.69) is 26.0 Å². The molecule has 0 saturated carbocycles. The van der Waals surface area contributed by atoms with Crippen molar-refractivity contribution in [3.05, 3.63) is 29.8 Å². The standard InChI is InChI=1S/C9H12OSi/c1-7(2)8-3-5-9(11-10)6-4-8/h3-7,10H,1-2H3. The third-order valence-electron chi connectivity index (χ3n) is 1.71. The minimum absolute atomic E-state index is 0.0800. The van der Waals surface area contributed by atoms with Crippen molar-refractivity contribution in [3.63, 3.8) is 0 Å². The predicted octanol–water partition coefficient (Wildman–Crippen LogP) is 1.05. The first-order chi connectivity index (χ1) is 5.24. The van der Waals surface area contributed by atoms with Gasteiger partial charge in [-0.2, -0.15) is 0 Å². The molecule has 58 valence electrons. The molecule has 0 saturated heterocycles. The normalized spacial score (nSPS) is 10.5. The molecule has 0 bridgehead atoms. The molecule has 0 fully saturated rings. The van der Waals surface area contributed by atoms with E-state index >= 15 is 0 Å². The van der Waals surface area contributed by atoms with Crippen LogP contribution in [0.15, 0.2) is 24.3 Å². The zero-order valence-electron chi connectivity index (χ0n) is 6.83. The van der Waals surface area contributed by atoms with E-state index in [-0.39, 0.29) is 9.76 Å². The van der Waals surface area contributed by atoms with Gasteiger partial charge in [-0.15, -0.1) is 0 Å². The molecule has 1 rings (SSSR count). The molecule has 0 spiro atoms. The minimum Gasteiger partial charge on any atom is -0.428 e. The molecule has 0 unspecified atom stereocenters. The molecule has 0 amide bonds. The van der Waals surface area contributed by atoms with Crippen LogP contribution in [0, 0.1) is 0 Å². The van der Waals surface area contributed by atoms with Crippen LogP contribution in [0.4, 0.5) is 0 Å². The second-order valence-electron chi connectivity index (χ2n) is 2.89. The lowest BCUT2D eigenvalue weighted by molar-refractivity contribution is 0.615. The molecule has 0 atom stereocenters. The molecule has 1 aromatic rings. The van der Waals surface area contributed by atoms with Gasteiger partial charge in [0.1, 0.15) is 0 Å². The maximum atomic E-state index is 8.79. The van der Waals surface area contributed by atoms with E-state index < -0.39 is 0 Å². The van der Waals surface area contributed by atoms with Crippen LogP contribution in [0.5, 0.6) is 0 Å². The van der Waals surface area contributed by atoms with Gasteiger partial charge in [-0.1, -0.05) is 38.1 Å². The highest BCUT2D eigenvalue weighted by molar-refractivity contribution is 6.45. The van der Waals surface area contributed by atoms with Crippen LogP contribution >= 0.6 is 0 Å². The molecule has 0 aliphatic heterocycles. The SMILES string of the molecule is CC(C)c1ccc([Si]O)cc1. The summed E-state index contributed by atoms with van der Waals surface area (Å²) in [7, 11) is -0.0800. The van der Waals surface area contributed by atoms with Gasteiger partial charge in [0.25, 0.3) is 9.76 Å². The molecule has 2 heteroatoms. The Labute approximate surface area is 70.0 Å². The van der Waals surface area contributed by atoms with E-state index in [1.165, 1.54) is 5.56 Å². The Balaban J connectivity index is 2.83. The Kier molecular flexibility index (Phi) is 2.85. The average molecular weight is 164 g/mol. The fourth-order valence-electron chi connectivity index (χ4n) is 0.943. The smallest absolute Gasteiger partial charge is 0.265 e. The molecule has 0 aliphatic carbocycles. The Bertz CT molecular complexity index is 216. The first kappa shape index (κ1) is 8.49. The summed E-state index contributed by atoms with van der Waals surface area (Å²) in [5.41, 5.74) is 1.33. The van der Waals surface area contributed by atoms with Crippen LogP contribution < -0.4 is 5.19 Å². The van der Waals surface area contributed by atoms with Gasteiger partial charge in [-0.25, -0.2) is 0 Å². The largest absolute Gasteiger partial charge is 0.428 e. The third-order valence-corrected chi connectivity index (χ3v) is 2.30. The maximum absolute atomic E-state index is 8.79. The summed E-state index contributed by atoms with van der Waals surface area (Å²) >= 11 is 0. The summed E-state index contributed by atoms with van der Waals surface area (Å²) in [5.74, 6) is 0.575. The first-order valence-electron chi connectivity index (χ1n) is 3.74. The second kappa shape index (κ2) is 3.69. The number of benzene rings is 1. The van der Waals surface area contributed by atoms with Gasteiger partial charge in [0.15, 0.2) is 0 Å². The van der Waals surface area contributed by atoms with Crippen LogP contribution in [0.1, 0.15) is 25.3 Å². The Morgan fingerprint density at radius 1 is 1.18 bits per heavy atom. The molecule has 0 heterocycles. The Hall–Kier alpha value is -0.603. The highest BCUT2D eigenvalue weighted by Crippen LogP contribution is 2.11. The second-order valence-corrected chi connectivity index (χ2v) is 3.69. The van der Waals surface area contributed by atoms with E-state index in [0.29, 0.717) is 5.92 Å². The summed E-state index contributed by atoms with van der Waals surface area (Å²) in [6.07, 6.45) is 0. The van der Waals surface area contributed by atoms with Crippen molar-refractivity contribution >= 4 is 14.9 Å². The topological polar surface area (TPSA) is 20.2 Å². The van der Waals surface area contributed by atoms with E-state index in [1.807, 2.05) is 12.1 Å². The molecular formula is C9H12OSi. The molecule has 2 radical (unpaired) electrons. The van der Waals surface area contributed by atoms with Crippen molar-refractivity contribution < 1.29 is 4.80 Å². The maximum Gasteiger partial charge on any atom is 0.265 e. The minimum atomic E-state index is -0.0800. The third kappa shape index (κ3) is 2.17. The highest BCUT2D eigenvalue weighted by Gasteiger charge is 1.97. The monoisotopic (exact) mass is 164 g/mol. The predicted molar refractivity (Wildman–Crippen MR) is 48.1 cm³/mol. The quantitative estimate of drug-likeness (QED) is 0.648. The van der Waals surface area contributed by atoms with E-state index in [4.69, 9.17) is 4.80 Å². The van der Waals surface area contributed by atoms with Gasteiger partial charge >= 0.3 is 0 Å². The first-order valence-corrected chi connectivity index (χ1v) is 4.69. The van der Waals surface area contributed by atoms with Crippen LogP contribution in [0.3, 0.4) is 0 Å². The van der Waals surface area contributed by atoms with E-state index in [1.54, 1.807) is 0 Å². The Morgan fingerprint density at radius 2 is 1.73 bits per heavy atom. The van der Waals surface area contributed by atoms with Crippen molar-refractivity contribution in [2.45, 2.75) is 19.8 Å². The fourth-order valence-corrected chi connectivity index (χ4v) is 1.26. The summed E-state index contributed by atoms with van der Waals surface area (Å²) in [4.78, 5) is 8.79. The van der Waals surface area contributed by atoms with Crippen molar-refractivity contribution in [1.29, 1.82) is 0 Å². The molecule has 11 heavy (non-hydrogen) atoms. The summed E-state index contributed by atoms with van der Waals surface area (Å²) in [6.45, 7) is 4.33. The van der Waals surface area contributed by atoms with Crippen LogP contribution in [-0.4, -0.2) is 14.6 Å². The van der Waals surface area contributed by atoms with Crippen LogP contribution in [-0.2, 0) is 0 Å². The fraction of sp³-hybridized carbons (Fsp3) is 0.333. The van der Waals surface area contributed by atoms with Gasteiger partial charge in [-0.05, 0) is 16.7 Å². The molecule has 0 aliphatic rings. The number of rotatable bonds is 2. The molecule has 0 aromatic heterocycles. The lowest BCUT2D eigenvalue weighted by Crippen LogP contribution is -2.12. The number of hydrogen-bond donors (Lipinski definition) is 1. The van der Waals surface area contributed by atoms with E-state index in [9.17, 15) is 0 Å². The zero-order valence-corrected chi connectivity index (χ0v) is 7.83. The summed E-state index contributed by atoms with van der Waals surface area (Å²) in [5, 5.41) is 1.01. The summed E-state index contributed by atoms with van der Waals surface area (Å²) in [6, 6.07) is 8.11. The molecular weight excluding hydrogens is 152 g/mol. The van der Waals surface area contributed by atoms with Gasteiger partial charge in [0, 0.05) is 0 Å². The van der Waals surface area contributed by atoms with Crippen LogP contribution in [0.2, 0.25) is 0 Å². The lowest BCUT2D eigenvalue weighted by atomic mass is 10.0. The van der Waals surface area contributed by atoms with Gasteiger partial charge in [0.05, 0.1) is 0 Å². The lowest BCUT2D eigenvalue weighted by Gasteiger charge is -2.04. The Morgan fingerprint density at radius 3 is 2.09 bits per heavy atom. The van der Waals surface area contributed by atoms with Crippen molar-refractivity contribution in [1.82, 2.24) is 0 Å². The van der Waals surface area contributed by atoms with Gasteiger partial charge in [-0.3, -0.25) is 0 Å². The zero-order chi connectivity index (χ0) is 8.27. The average Bonchev–Trinajstić information content (AvgIpc) is 2.05. The van der Waals surface area contributed by atoms with Crippen molar-refractivity contribution in [2.75, 3.05) is 0 Å². The van der Waals surface area contributed by atoms with Gasteiger partial charge < -0.3 is 4.80 Å². The van der Waals surface area contributed by atoms with Crippen molar-refractivity contribution in [2.24, 2.45) is 0 Å². The highest BCUT2D eigenvalue weighted by atomic mass is 28.2.